The summed E-state index contributed by atoms with van der Waals surface area (Å²) in [6.45, 7) is 0.914. The third-order valence-corrected chi connectivity index (χ3v) is 4.85. The van der Waals surface area contributed by atoms with Gasteiger partial charge in [-0.2, -0.15) is 4.31 Å². The predicted octanol–water partition coefficient (Wildman–Crippen LogP) is 2.20. The van der Waals surface area contributed by atoms with Crippen LogP contribution in [0.3, 0.4) is 0 Å². The summed E-state index contributed by atoms with van der Waals surface area (Å²) in [5.41, 5.74) is 6.56. The van der Waals surface area contributed by atoms with Crippen molar-refractivity contribution >= 4 is 44.4 Å². The number of sulfonamides is 1. The van der Waals surface area contributed by atoms with Gasteiger partial charge in [-0.25, -0.2) is 8.42 Å². The predicted molar refractivity (Wildman–Crippen MR) is 83.5 cm³/mol. The number of nitrogens with two attached hydrogens (primary N) is 1. The summed E-state index contributed by atoms with van der Waals surface area (Å²) in [7, 11) is -3.35. The SMILES string of the molecule is Cl.N[C@@H]1CCN(S(=O)(=O)/C=C/c2cccc(Br)c2)C1. The molecule has 0 radical (unpaired) electrons. The van der Waals surface area contributed by atoms with Gasteiger partial charge in [0.25, 0.3) is 0 Å². The van der Waals surface area contributed by atoms with E-state index in [0.29, 0.717) is 13.1 Å². The quantitative estimate of drug-likeness (QED) is 0.891. The van der Waals surface area contributed by atoms with Crippen molar-refractivity contribution in [1.29, 1.82) is 0 Å². The van der Waals surface area contributed by atoms with Crippen molar-refractivity contribution in [3.8, 4) is 0 Å². The lowest BCUT2D eigenvalue weighted by Crippen LogP contribution is -2.30. The van der Waals surface area contributed by atoms with Crippen molar-refractivity contribution in [3.05, 3.63) is 39.7 Å². The lowest BCUT2D eigenvalue weighted by atomic mass is 10.2. The van der Waals surface area contributed by atoms with Crippen LogP contribution in [0, 0.1) is 0 Å². The topological polar surface area (TPSA) is 63.4 Å². The molecule has 2 rings (SSSR count). The van der Waals surface area contributed by atoms with Crippen molar-refractivity contribution < 1.29 is 8.42 Å². The molecular formula is C12H16BrClN2O2S. The maximum atomic E-state index is 12.0. The number of hydrogen-bond donors (Lipinski definition) is 1. The Morgan fingerprint density at radius 2 is 2.16 bits per heavy atom. The van der Waals surface area contributed by atoms with Crippen molar-refractivity contribution in [3.63, 3.8) is 0 Å². The van der Waals surface area contributed by atoms with Crippen LogP contribution < -0.4 is 5.73 Å². The molecule has 0 aromatic heterocycles. The fraction of sp³-hybridized carbons (Fsp3) is 0.333. The second-order valence-electron chi connectivity index (χ2n) is 4.31. The molecule has 106 valence electrons. The van der Waals surface area contributed by atoms with Crippen LogP contribution >= 0.6 is 28.3 Å². The van der Waals surface area contributed by atoms with Gasteiger partial charge in [0.2, 0.25) is 10.0 Å². The Balaban J connectivity index is 0.00000180. The Hall–Kier alpha value is -0.400. The van der Waals surface area contributed by atoms with Crippen LogP contribution in [0.5, 0.6) is 0 Å². The number of hydrogen-bond acceptors (Lipinski definition) is 3. The molecule has 7 heteroatoms. The van der Waals surface area contributed by atoms with Gasteiger partial charge in [0.05, 0.1) is 0 Å². The molecule has 0 aliphatic carbocycles. The molecule has 0 bridgehead atoms. The van der Waals surface area contributed by atoms with Crippen molar-refractivity contribution in [2.24, 2.45) is 5.73 Å². The van der Waals surface area contributed by atoms with Gasteiger partial charge in [0.15, 0.2) is 0 Å². The van der Waals surface area contributed by atoms with E-state index in [1.54, 1.807) is 6.08 Å². The van der Waals surface area contributed by atoms with Gasteiger partial charge in [-0.1, -0.05) is 28.1 Å². The van der Waals surface area contributed by atoms with E-state index in [1.807, 2.05) is 24.3 Å². The number of rotatable bonds is 3. The van der Waals surface area contributed by atoms with Crippen LogP contribution in [0.25, 0.3) is 6.08 Å². The summed E-state index contributed by atoms with van der Waals surface area (Å²) in [4.78, 5) is 0. The molecule has 1 heterocycles. The maximum absolute atomic E-state index is 12.0. The summed E-state index contributed by atoms with van der Waals surface area (Å²) in [5, 5.41) is 1.24. The van der Waals surface area contributed by atoms with Gasteiger partial charge in [-0.15, -0.1) is 12.4 Å². The molecule has 1 aromatic rings. The molecule has 2 N–H and O–H groups in total. The van der Waals surface area contributed by atoms with E-state index >= 15 is 0 Å². The molecule has 1 atom stereocenters. The Morgan fingerprint density at radius 1 is 1.42 bits per heavy atom. The van der Waals surface area contributed by atoms with E-state index in [2.05, 4.69) is 15.9 Å². The average molecular weight is 368 g/mol. The highest BCUT2D eigenvalue weighted by Gasteiger charge is 2.27. The molecule has 1 fully saturated rings. The van der Waals surface area contributed by atoms with Crippen LogP contribution in [0.4, 0.5) is 0 Å². The van der Waals surface area contributed by atoms with Crippen LogP contribution in [0.15, 0.2) is 34.1 Å². The first-order valence-corrected chi connectivity index (χ1v) is 7.96. The zero-order valence-electron chi connectivity index (χ0n) is 10.2. The monoisotopic (exact) mass is 366 g/mol. The van der Waals surface area contributed by atoms with Gasteiger partial charge in [0.1, 0.15) is 0 Å². The van der Waals surface area contributed by atoms with Gasteiger partial charge in [-0.3, -0.25) is 0 Å². The molecule has 0 spiro atoms. The van der Waals surface area contributed by atoms with Gasteiger partial charge < -0.3 is 5.73 Å². The lowest BCUT2D eigenvalue weighted by Gasteiger charge is -2.12. The van der Waals surface area contributed by atoms with Crippen LogP contribution in [0.1, 0.15) is 12.0 Å². The summed E-state index contributed by atoms with van der Waals surface area (Å²) >= 11 is 3.35. The van der Waals surface area contributed by atoms with Crippen molar-refractivity contribution in [2.75, 3.05) is 13.1 Å². The van der Waals surface area contributed by atoms with E-state index in [-0.39, 0.29) is 18.4 Å². The maximum Gasteiger partial charge on any atom is 0.236 e. The average Bonchev–Trinajstić information content (AvgIpc) is 2.74. The summed E-state index contributed by atoms with van der Waals surface area (Å²) in [6, 6.07) is 7.43. The fourth-order valence-corrected chi connectivity index (χ4v) is 3.52. The molecule has 0 amide bonds. The van der Waals surface area contributed by atoms with Crippen LogP contribution in [-0.2, 0) is 10.0 Å². The highest BCUT2D eigenvalue weighted by atomic mass is 79.9. The smallest absolute Gasteiger partial charge is 0.236 e. The molecule has 19 heavy (non-hydrogen) atoms. The highest BCUT2D eigenvalue weighted by Crippen LogP contribution is 2.16. The van der Waals surface area contributed by atoms with E-state index < -0.39 is 10.0 Å². The Kier molecular flexibility index (Phi) is 6.01. The van der Waals surface area contributed by atoms with Gasteiger partial charge in [-0.05, 0) is 30.2 Å². The summed E-state index contributed by atoms with van der Waals surface area (Å²) < 4.78 is 26.4. The number of halogens is 2. The number of nitrogens with zero attached hydrogens (tertiary/aromatic N) is 1. The van der Waals surface area contributed by atoms with E-state index in [4.69, 9.17) is 5.73 Å². The fourth-order valence-electron chi connectivity index (χ4n) is 1.85. The molecule has 0 unspecified atom stereocenters. The Labute approximate surface area is 128 Å². The van der Waals surface area contributed by atoms with Crippen LogP contribution in [0.2, 0.25) is 0 Å². The van der Waals surface area contributed by atoms with E-state index in [9.17, 15) is 8.42 Å². The Bertz CT molecular complexity index is 563. The second-order valence-corrected chi connectivity index (χ2v) is 7.04. The first-order valence-electron chi connectivity index (χ1n) is 5.67. The van der Waals surface area contributed by atoms with Crippen molar-refractivity contribution in [2.45, 2.75) is 12.5 Å². The molecule has 1 aliphatic heterocycles. The first-order chi connectivity index (χ1) is 8.47. The standard InChI is InChI=1S/C12H15BrN2O2S.ClH/c13-11-3-1-2-10(8-11)5-7-18(16,17)15-6-4-12(14)9-15;/h1-3,5,7-8,12H,4,6,9,14H2;1H/b7-5+;/t12-;/m1./s1. The van der Waals surface area contributed by atoms with Crippen LogP contribution in [-0.4, -0.2) is 31.9 Å². The summed E-state index contributed by atoms with van der Waals surface area (Å²) in [5.74, 6) is 0. The minimum absolute atomic E-state index is 0. The minimum atomic E-state index is -3.35. The third kappa shape index (κ3) is 4.57. The largest absolute Gasteiger partial charge is 0.326 e. The first kappa shape index (κ1) is 16.7. The zero-order valence-corrected chi connectivity index (χ0v) is 13.4. The minimum Gasteiger partial charge on any atom is -0.326 e. The third-order valence-electron chi connectivity index (χ3n) is 2.83. The van der Waals surface area contributed by atoms with Crippen molar-refractivity contribution in [1.82, 2.24) is 4.31 Å². The Morgan fingerprint density at radius 3 is 2.74 bits per heavy atom. The molecule has 4 nitrogen and oxygen atoms in total. The second kappa shape index (κ2) is 6.85. The number of benzene rings is 1. The summed E-state index contributed by atoms with van der Waals surface area (Å²) in [6.07, 6.45) is 2.33. The molecule has 1 aliphatic rings. The molecule has 0 saturated carbocycles. The molecule has 1 aromatic carbocycles. The van der Waals surface area contributed by atoms with E-state index in [0.717, 1.165) is 16.5 Å². The lowest BCUT2D eigenvalue weighted by molar-refractivity contribution is 0.481. The highest BCUT2D eigenvalue weighted by molar-refractivity contribution is 9.10. The molecular weight excluding hydrogens is 352 g/mol. The molecule has 1 saturated heterocycles. The van der Waals surface area contributed by atoms with E-state index in [1.165, 1.54) is 9.71 Å². The normalized spacial score (nSPS) is 20.6. The zero-order chi connectivity index (χ0) is 13.2. The van der Waals surface area contributed by atoms with Gasteiger partial charge >= 0.3 is 0 Å². The van der Waals surface area contributed by atoms with Gasteiger partial charge in [0, 0.05) is 29.0 Å².